The monoisotopic (exact) mass is 304 g/mol. The van der Waals surface area contributed by atoms with Gasteiger partial charge in [-0.15, -0.1) is 6.58 Å². The second-order valence-electron chi connectivity index (χ2n) is 6.58. The van der Waals surface area contributed by atoms with Crippen molar-refractivity contribution in [2.24, 2.45) is 0 Å². The average molecular weight is 304 g/mol. The number of aromatic hydroxyl groups is 1. The van der Waals surface area contributed by atoms with Crippen LogP contribution in [0.3, 0.4) is 0 Å². The van der Waals surface area contributed by atoms with Gasteiger partial charge in [-0.2, -0.15) is 0 Å². The molecule has 1 rings (SSSR count). The minimum atomic E-state index is -0.702. The van der Waals surface area contributed by atoms with Crippen molar-refractivity contribution < 1.29 is 10.2 Å². The predicted molar refractivity (Wildman–Crippen MR) is 96.4 cm³/mol. The highest BCUT2D eigenvalue weighted by Crippen LogP contribution is 2.22. The van der Waals surface area contributed by atoms with Crippen molar-refractivity contribution in [3.8, 4) is 5.75 Å². The molecule has 2 heteroatoms. The average Bonchev–Trinajstić information content (AvgIpc) is 2.41. The fourth-order valence-electron chi connectivity index (χ4n) is 1.74. The molecular weight excluding hydrogens is 272 g/mol. The Bertz CT molecular complexity index is 492. The van der Waals surface area contributed by atoms with Crippen LogP contribution in [0.2, 0.25) is 0 Å². The summed E-state index contributed by atoms with van der Waals surface area (Å²) in [7, 11) is 0. The van der Waals surface area contributed by atoms with Crippen molar-refractivity contribution in [2.45, 2.75) is 65.9 Å². The number of hydrogen-bond donors (Lipinski definition) is 2. The van der Waals surface area contributed by atoms with E-state index in [1.54, 1.807) is 13.0 Å². The van der Waals surface area contributed by atoms with Crippen molar-refractivity contribution in [3.05, 3.63) is 53.6 Å². The SMILES string of the molecule is C=CC(C)(O)CCC=C(C)C.Cc1ccc(C(C)C)cc1O. The van der Waals surface area contributed by atoms with Crippen LogP contribution in [0, 0.1) is 6.92 Å². The highest BCUT2D eigenvalue weighted by Gasteiger charge is 2.12. The van der Waals surface area contributed by atoms with E-state index in [0.29, 0.717) is 11.7 Å². The third kappa shape index (κ3) is 8.68. The van der Waals surface area contributed by atoms with Crippen molar-refractivity contribution >= 4 is 0 Å². The number of phenols is 1. The zero-order valence-electron chi connectivity index (χ0n) is 15.0. The van der Waals surface area contributed by atoms with Crippen LogP contribution in [-0.2, 0) is 0 Å². The van der Waals surface area contributed by atoms with Gasteiger partial charge < -0.3 is 10.2 Å². The zero-order valence-corrected chi connectivity index (χ0v) is 15.0. The van der Waals surface area contributed by atoms with Crippen molar-refractivity contribution in [1.82, 2.24) is 0 Å². The normalized spacial score (nSPS) is 12.9. The molecule has 22 heavy (non-hydrogen) atoms. The first kappa shape index (κ1) is 20.5. The van der Waals surface area contributed by atoms with Crippen LogP contribution in [0.4, 0.5) is 0 Å². The maximum absolute atomic E-state index is 9.49. The molecule has 0 saturated heterocycles. The number of aliphatic hydroxyl groups is 1. The Morgan fingerprint density at radius 2 is 1.91 bits per heavy atom. The molecule has 1 aromatic rings. The molecule has 2 N–H and O–H groups in total. The Morgan fingerprint density at radius 3 is 2.32 bits per heavy atom. The third-order valence-corrected chi connectivity index (χ3v) is 3.54. The Balaban J connectivity index is 0.000000401. The maximum atomic E-state index is 9.49. The topological polar surface area (TPSA) is 40.5 Å². The zero-order chi connectivity index (χ0) is 17.3. The lowest BCUT2D eigenvalue weighted by atomic mass is 10.00. The molecule has 0 aromatic heterocycles. The van der Waals surface area contributed by atoms with E-state index in [4.69, 9.17) is 0 Å². The van der Waals surface area contributed by atoms with E-state index in [1.165, 1.54) is 11.1 Å². The van der Waals surface area contributed by atoms with Gasteiger partial charge in [0.15, 0.2) is 0 Å². The van der Waals surface area contributed by atoms with Crippen LogP contribution in [0.15, 0.2) is 42.5 Å². The molecule has 0 amide bonds. The summed E-state index contributed by atoms with van der Waals surface area (Å²) in [6.07, 6.45) is 5.38. The summed E-state index contributed by atoms with van der Waals surface area (Å²) in [5.74, 6) is 0.887. The van der Waals surface area contributed by atoms with Crippen molar-refractivity contribution in [1.29, 1.82) is 0 Å². The maximum Gasteiger partial charge on any atom is 0.118 e. The molecule has 1 atom stereocenters. The summed E-state index contributed by atoms with van der Waals surface area (Å²) in [6.45, 7) is 15.6. The van der Waals surface area contributed by atoms with Gasteiger partial charge in [0.25, 0.3) is 0 Å². The minimum Gasteiger partial charge on any atom is -0.508 e. The lowest BCUT2D eigenvalue weighted by molar-refractivity contribution is 0.103. The molecule has 0 heterocycles. The quantitative estimate of drug-likeness (QED) is 0.706. The highest BCUT2D eigenvalue weighted by molar-refractivity contribution is 5.36. The Kier molecular flexibility index (Phi) is 8.81. The van der Waals surface area contributed by atoms with E-state index >= 15 is 0 Å². The molecule has 1 aromatic carbocycles. The first-order valence-electron chi connectivity index (χ1n) is 7.88. The fraction of sp³-hybridized carbons (Fsp3) is 0.500. The number of allylic oxidation sites excluding steroid dienone is 2. The number of aryl methyl sites for hydroxylation is 1. The minimum absolute atomic E-state index is 0.399. The van der Waals surface area contributed by atoms with E-state index in [0.717, 1.165) is 18.4 Å². The Labute approximate surface area is 136 Å². The fourth-order valence-corrected chi connectivity index (χ4v) is 1.74. The van der Waals surface area contributed by atoms with Crippen molar-refractivity contribution in [3.63, 3.8) is 0 Å². The van der Waals surface area contributed by atoms with Crippen LogP contribution in [0.25, 0.3) is 0 Å². The van der Waals surface area contributed by atoms with E-state index in [1.807, 2.05) is 19.1 Å². The van der Waals surface area contributed by atoms with Gasteiger partial charge in [-0.25, -0.2) is 0 Å². The molecule has 0 radical (unpaired) electrons. The number of rotatable bonds is 5. The summed E-state index contributed by atoms with van der Waals surface area (Å²) in [6, 6.07) is 5.84. The molecule has 0 aliphatic heterocycles. The van der Waals surface area contributed by atoms with Crippen LogP contribution < -0.4 is 0 Å². The van der Waals surface area contributed by atoms with Gasteiger partial charge in [-0.1, -0.05) is 43.7 Å². The second-order valence-corrected chi connectivity index (χ2v) is 6.58. The standard InChI is InChI=1S/C10H14O.C10H18O/c1-7(2)9-5-4-8(3)10(11)6-9;1-5-10(4,11)8-6-7-9(2)3/h4-7,11H,1-3H3;5,7,11H,1,6,8H2,2-4H3. The Hall–Kier alpha value is -1.54. The molecular formula is C20H32O2. The van der Waals surface area contributed by atoms with Gasteiger partial charge >= 0.3 is 0 Å². The van der Waals surface area contributed by atoms with Gasteiger partial charge in [0, 0.05) is 0 Å². The molecule has 0 bridgehead atoms. The first-order chi connectivity index (χ1) is 10.1. The molecule has 0 fully saturated rings. The van der Waals surface area contributed by atoms with Gasteiger partial charge in [0.1, 0.15) is 5.75 Å². The smallest absolute Gasteiger partial charge is 0.118 e. The second kappa shape index (κ2) is 9.47. The Morgan fingerprint density at radius 1 is 1.32 bits per heavy atom. The van der Waals surface area contributed by atoms with Gasteiger partial charge in [-0.05, 0) is 63.6 Å². The summed E-state index contributed by atoms with van der Waals surface area (Å²) < 4.78 is 0. The van der Waals surface area contributed by atoms with Gasteiger partial charge in [-0.3, -0.25) is 0 Å². The van der Waals surface area contributed by atoms with Crippen LogP contribution in [0.1, 0.15) is 64.5 Å². The van der Waals surface area contributed by atoms with E-state index in [2.05, 4.69) is 46.4 Å². The first-order valence-corrected chi connectivity index (χ1v) is 7.88. The number of hydrogen-bond acceptors (Lipinski definition) is 2. The largest absolute Gasteiger partial charge is 0.508 e. The molecule has 124 valence electrons. The van der Waals surface area contributed by atoms with Crippen LogP contribution in [-0.4, -0.2) is 15.8 Å². The summed E-state index contributed by atoms with van der Waals surface area (Å²) in [5.41, 5.74) is 2.72. The van der Waals surface area contributed by atoms with Crippen LogP contribution >= 0.6 is 0 Å². The summed E-state index contributed by atoms with van der Waals surface area (Å²) in [5, 5.41) is 18.8. The summed E-state index contributed by atoms with van der Waals surface area (Å²) in [4.78, 5) is 0. The molecule has 0 saturated carbocycles. The number of phenolic OH excluding ortho intramolecular Hbond substituents is 1. The van der Waals surface area contributed by atoms with E-state index in [-0.39, 0.29) is 0 Å². The van der Waals surface area contributed by atoms with E-state index < -0.39 is 5.60 Å². The summed E-state index contributed by atoms with van der Waals surface area (Å²) >= 11 is 0. The molecule has 1 unspecified atom stereocenters. The molecule has 2 nitrogen and oxygen atoms in total. The lowest BCUT2D eigenvalue weighted by Crippen LogP contribution is -2.19. The van der Waals surface area contributed by atoms with Gasteiger partial charge in [0.05, 0.1) is 5.60 Å². The molecule has 0 spiro atoms. The van der Waals surface area contributed by atoms with Crippen molar-refractivity contribution in [2.75, 3.05) is 0 Å². The number of benzene rings is 1. The highest BCUT2D eigenvalue weighted by atomic mass is 16.3. The molecule has 0 aliphatic rings. The lowest BCUT2D eigenvalue weighted by Gasteiger charge is -2.16. The molecule has 0 aliphatic carbocycles. The predicted octanol–water partition coefficient (Wildman–Crippen LogP) is 5.49. The third-order valence-electron chi connectivity index (χ3n) is 3.54. The van der Waals surface area contributed by atoms with E-state index in [9.17, 15) is 10.2 Å². The van der Waals surface area contributed by atoms with Crippen LogP contribution in [0.5, 0.6) is 5.75 Å². The van der Waals surface area contributed by atoms with Gasteiger partial charge in [0.2, 0.25) is 0 Å².